The summed E-state index contributed by atoms with van der Waals surface area (Å²) in [4.78, 5) is 0. The maximum atomic E-state index is 4.08. The van der Waals surface area contributed by atoms with Crippen LogP contribution in [0.1, 0.15) is 104 Å². The first-order chi connectivity index (χ1) is 14.3. The van der Waals surface area contributed by atoms with Crippen LogP contribution in [-0.4, -0.2) is 0 Å². The van der Waals surface area contributed by atoms with E-state index in [0.29, 0.717) is 0 Å². The summed E-state index contributed by atoms with van der Waals surface area (Å²) in [6, 6.07) is 11.3. The van der Waals surface area contributed by atoms with Crippen LogP contribution in [0.2, 0.25) is 0 Å². The van der Waals surface area contributed by atoms with Crippen molar-refractivity contribution >= 4 is 18.2 Å². The van der Waals surface area contributed by atoms with Crippen LogP contribution in [-0.2, 0) is 5.41 Å². The smallest absolute Gasteiger partial charge is 0.00994 e. The number of rotatable bonds is 7. The van der Waals surface area contributed by atoms with E-state index in [9.17, 15) is 0 Å². The Hall–Kier alpha value is -2.60. The van der Waals surface area contributed by atoms with Gasteiger partial charge in [0.25, 0.3) is 0 Å². The fourth-order valence-electron chi connectivity index (χ4n) is 3.37. The lowest BCUT2D eigenvalue weighted by atomic mass is 9.81. The molecule has 0 atom stereocenters. The minimum absolute atomic E-state index is 0. The van der Waals surface area contributed by atoms with Crippen LogP contribution in [0.5, 0.6) is 0 Å². The van der Waals surface area contributed by atoms with Crippen molar-refractivity contribution in [3.63, 3.8) is 0 Å². The van der Waals surface area contributed by atoms with Crippen molar-refractivity contribution in [2.75, 3.05) is 0 Å². The van der Waals surface area contributed by atoms with Gasteiger partial charge in [0.1, 0.15) is 0 Å². The number of hydrogen-bond acceptors (Lipinski definition) is 0. The first-order valence-electron chi connectivity index (χ1n) is 11.1. The standard InChI is InChI=1S/C27H32.C3H8.3CH4/c1-8-12-14-25-23(10-3)24(13-9-2)20(5)19-26(25)21-15-17-22(18-16-21)27(6,7)11-4;1-3-2;;;/h8-10,12-19H,1,3,11H2,2,4-7H3;3H2,1-2H3;3*1H4/b13-9-,14-12-;;;;. The lowest BCUT2D eigenvalue weighted by Gasteiger charge is -2.24. The Kier molecular flexibility index (Phi) is 18.0. The van der Waals surface area contributed by atoms with Crippen molar-refractivity contribution in [3.8, 4) is 11.1 Å². The second kappa shape index (κ2) is 17.0. The van der Waals surface area contributed by atoms with Crippen molar-refractivity contribution in [2.45, 2.75) is 89.0 Å². The maximum absolute atomic E-state index is 4.08. The molecule has 0 heterocycles. The van der Waals surface area contributed by atoms with E-state index in [0.717, 1.165) is 6.42 Å². The van der Waals surface area contributed by atoms with Gasteiger partial charge in [-0.25, -0.2) is 0 Å². The molecule has 0 aromatic heterocycles. The second-order valence-corrected chi connectivity index (χ2v) is 8.30. The zero-order chi connectivity index (χ0) is 22.7. The fraction of sp³-hybridized carbons (Fsp3) is 0.394. The summed E-state index contributed by atoms with van der Waals surface area (Å²) < 4.78 is 0. The highest BCUT2D eigenvalue weighted by Gasteiger charge is 2.18. The molecule has 0 aliphatic rings. The minimum Gasteiger partial charge on any atom is -0.0991 e. The van der Waals surface area contributed by atoms with Gasteiger partial charge in [0.05, 0.1) is 0 Å². The van der Waals surface area contributed by atoms with Gasteiger partial charge in [-0.15, -0.1) is 0 Å². The number of aryl methyl sites for hydroxylation is 1. The normalized spacial score (nSPS) is 10.4. The van der Waals surface area contributed by atoms with E-state index in [-0.39, 0.29) is 27.7 Å². The zero-order valence-electron chi connectivity index (χ0n) is 20.2. The van der Waals surface area contributed by atoms with Gasteiger partial charge >= 0.3 is 0 Å². The highest BCUT2D eigenvalue weighted by Crippen LogP contribution is 2.35. The van der Waals surface area contributed by atoms with Crippen LogP contribution in [0.15, 0.2) is 61.7 Å². The van der Waals surface area contributed by atoms with Gasteiger partial charge < -0.3 is 0 Å². The molecule has 0 nitrogen and oxygen atoms in total. The lowest BCUT2D eigenvalue weighted by Crippen LogP contribution is -2.15. The molecule has 33 heavy (non-hydrogen) atoms. The van der Waals surface area contributed by atoms with E-state index in [1.54, 1.807) is 0 Å². The summed E-state index contributed by atoms with van der Waals surface area (Å²) in [5.41, 5.74) is 8.87. The molecular weight excluding hydrogens is 396 g/mol. The Balaban J connectivity index is -0.00000142. The predicted octanol–water partition coefficient (Wildman–Crippen LogP) is 11.5. The summed E-state index contributed by atoms with van der Waals surface area (Å²) in [6.45, 7) is 23.2. The summed E-state index contributed by atoms with van der Waals surface area (Å²) in [5.74, 6) is 0. The third-order valence-electron chi connectivity index (χ3n) is 5.45. The van der Waals surface area contributed by atoms with Gasteiger partial charge in [-0.05, 0) is 64.6 Å². The van der Waals surface area contributed by atoms with E-state index in [1.807, 2.05) is 25.2 Å². The summed E-state index contributed by atoms with van der Waals surface area (Å²) in [5, 5.41) is 0. The highest BCUT2D eigenvalue weighted by atomic mass is 14.2. The van der Waals surface area contributed by atoms with Gasteiger partial charge in [0.15, 0.2) is 0 Å². The summed E-state index contributed by atoms with van der Waals surface area (Å²) in [6.07, 6.45) is 14.5. The van der Waals surface area contributed by atoms with E-state index in [1.165, 1.54) is 45.4 Å². The van der Waals surface area contributed by atoms with Crippen molar-refractivity contribution in [2.24, 2.45) is 0 Å². The van der Waals surface area contributed by atoms with Gasteiger partial charge in [-0.1, -0.05) is 143 Å². The zero-order valence-corrected chi connectivity index (χ0v) is 20.2. The Labute approximate surface area is 207 Å². The monoisotopic (exact) mass is 448 g/mol. The Morgan fingerprint density at radius 3 is 1.82 bits per heavy atom. The third-order valence-corrected chi connectivity index (χ3v) is 5.45. The molecule has 0 aliphatic heterocycles. The Morgan fingerprint density at radius 1 is 0.848 bits per heavy atom. The molecular formula is C33H52. The molecule has 0 saturated carbocycles. The van der Waals surface area contributed by atoms with Crippen molar-refractivity contribution in [1.29, 1.82) is 0 Å². The summed E-state index contributed by atoms with van der Waals surface area (Å²) >= 11 is 0. The average molecular weight is 449 g/mol. The maximum Gasteiger partial charge on any atom is -0.00994 e. The molecule has 2 aromatic carbocycles. The van der Waals surface area contributed by atoms with Gasteiger partial charge in [0.2, 0.25) is 0 Å². The molecule has 0 spiro atoms. The van der Waals surface area contributed by atoms with Gasteiger partial charge in [0, 0.05) is 0 Å². The largest absolute Gasteiger partial charge is 0.0991 e. The van der Waals surface area contributed by atoms with Crippen LogP contribution in [0.4, 0.5) is 0 Å². The fourth-order valence-corrected chi connectivity index (χ4v) is 3.37. The lowest BCUT2D eigenvalue weighted by molar-refractivity contribution is 0.506. The van der Waals surface area contributed by atoms with Crippen molar-refractivity contribution in [3.05, 3.63) is 89.5 Å². The number of benzene rings is 2. The van der Waals surface area contributed by atoms with Crippen LogP contribution in [0, 0.1) is 6.92 Å². The minimum atomic E-state index is 0. The van der Waals surface area contributed by atoms with Crippen LogP contribution in [0.3, 0.4) is 0 Å². The molecule has 0 unspecified atom stereocenters. The van der Waals surface area contributed by atoms with E-state index in [2.05, 4.69) is 103 Å². The molecule has 184 valence electrons. The van der Waals surface area contributed by atoms with Crippen molar-refractivity contribution in [1.82, 2.24) is 0 Å². The highest BCUT2D eigenvalue weighted by molar-refractivity contribution is 5.86. The first-order valence-corrected chi connectivity index (χ1v) is 11.1. The molecule has 2 rings (SSSR count). The quantitative estimate of drug-likeness (QED) is 0.369. The van der Waals surface area contributed by atoms with Crippen LogP contribution < -0.4 is 0 Å². The molecule has 0 radical (unpaired) electrons. The Morgan fingerprint density at radius 2 is 1.39 bits per heavy atom. The molecule has 0 N–H and O–H groups in total. The molecule has 0 aliphatic carbocycles. The number of allylic oxidation sites excluding steroid dienone is 3. The predicted molar refractivity (Wildman–Crippen MR) is 160 cm³/mol. The van der Waals surface area contributed by atoms with Crippen LogP contribution >= 0.6 is 0 Å². The molecule has 0 heteroatoms. The SMILES string of the molecule is C.C.C.C=C/C=C\c1c(-c2ccc(C(C)(C)CC)cc2)cc(C)c(/C=C\C)c1C=C.CCC. The van der Waals surface area contributed by atoms with Crippen LogP contribution in [0.25, 0.3) is 29.4 Å². The third kappa shape index (κ3) is 9.04. The van der Waals surface area contributed by atoms with Crippen molar-refractivity contribution < 1.29 is 0 Å². The topological polar surface area (TPSA) is 0 Å². The Bertz CT molecular complexity index is 887. The molecule has 0 bridgehead atoms. The molecule has 2 aromatic rings. The van der Waals surface area contributed by atoms with E-state index in [4.69, 9.17) is 0 Å². The molecule has 0 fully saturated rings. The van der Waals surface area contributed by atoms with Gasteiger partial charge in [-0.2, -0.15) is 0 Å². The molecule has 0 saturated heterocycles. The second-order valence-electron chi connectivity index (χ2n) is 8.30. The summed E-state index contributed by atoms with van der Waals surface area (Å²) in [7, 11) is 0. The number of hydrogen-bond donors (Lipinski definition) is 0. The molecule has 0 amide bonds. The van der Waals surface area contributed by atoms with E-state index >= 15 is 0 Å². The van der Waals surface area contributed by atoms with E-state index < -0.39 is 0 Å². The van der Waals surface area contributed by atoms with Gasteiger partial charge in [-0.3, -0.25) is 0 Å². The first kappa shape index (κ1) is 35.0. The average Bonchev–Trinajstić information content (AvgIpc) is 2.74.